The van der Waals surface area contributed by atoms with Crippen molar-refractivity contribution in [3.05, 3.63) is 103 Å². The van der Waals surface area contributed by atoms with Crippen molar-refractivity contribution in [3.8, 4) is 5.69 Å². The minimum atomic E-state index is -3.83. The molecule has 0 fully saturated rings. The molecule has 0 radical (unpaired) electrons. The highest BCUT2D eigenvalue weighted by Gasteiger charge is 2.24. The summed E-state index contributed by atoms with van der Waals surface area (Å²) < 4.78 is 29.6. The van der Waals surface area contributed by atoms with Gasteiger partial charge in [-0.25, -0.2) is 18.1 Å². The lowest BCUT2D eigenvalue weighted by Crippen LogP contribution is -2.31. The van der Waals surface area contributed by atoms with Gasteiger partial charge < -0.3 is 5.32 Å². The Labute approximate surface area is 198 Å². The number of para-hydroxylation sites is 1. The standard InChI is InChI=1S/C25H25N5O3S/c1-3-30(23-9-5-4-6-10-23)34(32,33)24-11-7-8-21(16-24)25(31)28-19(2)20-12-14-22(15-13-20)29-18-26-17-27-29/h4-19H,3H2,1-2H3,(H,28,31)/t19-/m1/s1. The smallest absolute Gasteiger partial charge is 0.264 e. The van der Waals surface area contributed by atoms with E-state index >= 15 is 0 Å². The largest absolute Gasteiger partial charge is 0.346 e. The van der Waals surface area contributed by atoms with E-state index in [-0.39, 0.29) is 29.0 Å². The molecule has 9 heteroatoms. The molecule has 34 heavy (non-hydrogen) atoms. The zero-order chi connectivity index (χ0) is 24.1. The maximum atomic E-state index is 13.3. The second kappa shape index (κ2) is 9.88. The van der Waals surface area contributed by atoms with Gasteiger partial charge in [0.25, 0.3) is 15.9 Å². The zero-order valence-electron chi connectivity index (χ0n) is 18.9. The number of amides is 1. The van der Waals surface area contributed by atoms with Gasteiger partial charge in [0.15, 0.2) is 0 Å². The van der Waals surface area contributed by atoms with E-state index in [1.54, 1.807) is 54.3 Å². The molecule has 0 aliphatic rings. The molecule has 8 nitrogen and oxygen atoms in total. The number of hydrogen-bond acceptors (Lipinski definition) is 5. The number of rotatable bonds is 8. The van der Waals surface area contributed by atoms with Crippen LogP contribution in [0.3, 0.4) is 0 Å². The molecule has 0 saturated carbocycles. The number of hydrogen-bond donors (Lipinski definition) is 1. The van der Waals surface area contributed by atoms with Crippen molar-refractivity contribution in [2.75, 3.05) is 10.8 Å². The van der Waals surface area contributed by atoms with E-state index in [1.165, 1.54) is 22.8 Å². The minimum Gasteiger partial charge on any atom is -0.346 e. The van der Waals surface area contributed by atoms with E-state index < -0.39 is 10.0 Å². The summed E-state index contributed by atoms with van der Waals surface area (Å²) in [6, 6.07) is 22.3. The van der Waals surface area contributed by atoms with E-state index in [4.69, 9.17) is 0 Å². The van der Waals surface area contributed by atoms with Gasteiger partial charge in [-0.1, -0.05) is 36.4 Å². The van der Waals surface area contributed by atoms with E-state index in [9.17, 15) is 13.2 Å². The number of aromatic nitrogens is 3. The number of benzene rings is 3. The molecule has 0 unspecified atom stereocenters. The van der Waals surface area contributed by atoms with Crippen LogP contribution >= 0.6 is 0 Å². The SMILES string of the molecule is CCN(c1ccccc1)S(=O)(=O)c1cccc(C(=O)N[C@H](C)c2ccc(-n3cncn3)cc2)c1. The van der Waals surface area contributed by atoms with Crippen LogP contribution < -0.4 is 9.62 Å². The molecule has 0 spiro atoms. The Morgan fingerprint density at radius 3 is 2.41 bits per heavy atom. The van der Waals surface area contributed by atoms with Gasteiger partial charge in [-0.05, 0) is 61.9 Å². The molecule has 3 aromatic carbocycles. The van der Waals surface area contributed by atoms with E-state index in [0.29, 0.717) is 5.69 Å². The van der Waals surface area contributed by atoms with Crippen LogP contribution in [-0.2, 0) is 10.0 Å². The highest BCUT2D eigenvalue weighted by molar-refractivity contribution is 7.92. The Balaban J connectivity index is 1.51. The summed E-state index contributed by atoms with van der Waals surface area (Å²) in [5.41, 5.74) is 2.61. The van der Waals surface area contributed by atoms with Gasteiger partial charge >= 0.3 is 0 Å². The van der Waals surface area contributed by atoms with Gasteiger partial charge in [-0.2, -0.15) is 5.10 Å². The number of nitrogens with one attached hydrogen (secondary N) is 1. The van der Waals surface area contributed by atoms with Gasteiger partial charge in [0.2, 0.25) is 0 Å². The second-order valence-corrected chi connectivity index (χ2v) is 9.52. The molecule has 0 aliphatic heterocycles. The quantitative estimate of drug-likeness (QED) is 0.416. The van der Waals surface area contributed by atoms with Crippen LogP contribution in [0.15, 0.2) is 96.4 Å². The van der Waals surface area contributed by atoms with Crippen molar-refractivity contribution in [1.29, 1.82) is 0 Å². The predicted molar refractivity (Wildman–Crippen MR) is 130 cm³/mol. The molecule has 1 aromatic heterocycles. The maximum Gasteiger partial charge on any atom is 0.264 e. The number of anilines is 1. The minimum absolute atomic E-state index is 0.0655. The molecule has 1 atom stereocenters. The fourth-order valence-electron chi connectivity index (χ4n) is 3.63. The summed E-state index contributed by atoms with van der Waals surface area (Å²) in [5.74, 6) is -0.354. The van der Waals surface area contributed by atoms with Gasteiger partial charge in [0, 0.05) is 12.1 Å². The number of nitrogens with zero attached hydrogens (tertiary/aromatic N) is 4. The predicted octanol–water partition coefficient (Wildman–Crippen LogP) is 3.97. The summed E-state index contributed by atoms with van der Waals surface area (Å²) in [6.45, 7) is 3.92. The number of carbonyl (C=O) groups excluding carboxylic acids is 1. The molecular formula is C25H25N5O3S. The Morgan fingerprint density at radius 1 is 1.03 bits per heavy atom. The first-order chi connectivity index (χ1) is 16.4. The Bertz CT molecular complexity index is 1360. The van der Waals surface area contributed by atoms with Crippen LogP contribution in [0.4, 0.5) is 5.69 Å². The average Bonchev–Trinajstić information content (AvgIpc) is 3.40. The van der Waals surface area contributed by atoms with Gasteiger partial charge in [0.05, 0.1) is 22.3 Å². The highest BCUT2D eigenvalue weighted by atomic mass is 32.2. The first kappa shape index (κ1) is 23.2. The Kier molecular flexibility index (Phi) is 6.74. The van der Waals surface area contributed by atoms with Crippen molar-refractivity contribution in [1.82, 2.24) is 20.1 Å². The maximum absolute atomic E-state index is 13.3. The average molecular weight is 476 g/mol. The topological polar surface area (TPSA) is 97.2 Å². The first-order valence-electron chi connectivity index (χ1n) is 10.8. The summed E-state index contributed by atoms with van der Waals surface area (Å²) in [7, 11) is -3.83. The van der Waals surface area contributed by atoms with E-state index in [0.717, 1.165) is 11.3 Å². The second-order valence-electron chi connectivity index (χ2n) is 7.66. The molecule has 4 rings (SSSR count). The fraction of sp³-hybridized carbons (Fsp3) is 0.160. The summed E-state index contributed by atoms with van der Waals surface area (Å²) in [5, 5.41) is 7.04. The summed E-state index contributed by atoms with van der Waals surface area (Å²) >= 11 is 0. The lowest BCUT2D eigenvalue weighted by atomic mass is 10.1. The van der Waals surface area contributed by atoms with E-state index in [1.807, 2.05) is 37.3 Å². The van der Waals surface area contributed by atoms with Gasteiger partial charge in [-0.15, -0.1) is 0 Å². The molecule has 1 amide bonds. The van der Waals surface area contributed by atoms with Crippen LogP contribution in [-0.4, -0.2) is 35.6 Å². The lowest BCUT2D eigenvalue weighted by Gasteiger charge is -2.23. The molecule has 0 saturated heterocycles. The van der Waals surface area contributed by atoms with Crippen LogP contribution in [0, 0.1) is 0 Å². The van der Waals surface area contributed by atoms with Crippen LogP contribution in [0.2, 0.25) is 0 Å². The molecule has 4 aromatic rings. The zero-order valence-corrected chi connectivity index (χ0v) is 19.7. The van der Waals surface area contributed by atoms with Crippen LogP contribution in [0.25, 0.3) is 5.69 Å². The molecule has 1 heterocycles. The first-order valence-corrected chi connectivity index (χ1v) is 12.3. The van der Waals surface area contributed by atoms with Crippen molar-refractivity contribution in [2.24, 2.45) is 0 Å². The molecular weight excluding hydrogens is 450 g/mol. The number of carbonyl (C=O) groups is 1. The monoisotopic (exact) mass is 475 g/mol. The molecule has 1 N–H and O–H groups in total. The summed E-state index contributed by atoms with van der Waals surface area (Å²) in [6.07, 6.45) is 3.07. The van der Waals surface area contributed by atoms with Gasteiger partial charge in [-0.3, -0.25) is 9.10 Å². The summed E-state index contributed by atoms with van der Waals surface area (Å²) in [4.78, 5) is 16.9. The lowest BCUT2D eigenvalue weighted by molar-refractivity contribution is 0.0939. The van der Waals surface area contributed by atoms with Crippen molar-refractivity contribution in [2.45, 2.75) is 24.8 Å². The Hall–Kier alpha value is -3.98. The van der Waals surface area contributed by atoms with Crippen molar-refractivity contribution >= 4 is 21.6 Å². The van der Waals surface area contributed by atoms with E-state index in [2.05, 4.69) is 15.4 Å². The number of sulfonamides is 1. The normalized spacial score (nSPS) is 12.2. The van der Waals surface area contributed by atoms with Crippen LogP contribution in [0.1, 0.15) is 35.8 Å². The fourth-order valence-corrected chi connectivity index (χ4v) is 5.15. The van der Waals surface area contributed by atoms with Crippen molar-refractivity contribution < 1.29 is 13.2 Å². The molecule has 0 bridgehead atoms. The molecule has 174 valence electrons. The third kappa shape index (κ3) is 4.84. The highest BCUT2D eigenvalue weighted by Crippen LogP contribution is 2.24. The third-order valence-corrected chi connectivity index (χ3v) is 7.34. The van der Waals surface area contributed by atoms with Gasteiger partial charge in [0.1, 0.15) is 12.7 Å². The Morgan fingerprint density at radius 2 is 1.76 bits per heavy atom. The van der Waals surface area contributed by atoms with Crippen LogP contribution in [0.5, 0.6) is 0 Å². The van der Waals surface area contributed by atoms with Crippen molar-refractivity contribution in [3.63, 3.8) is 0 Å². The molecule has 0 aliphatic carbocycles. The third-order valence-electron chi connectivity index (χ3n) is 5.44.